The molecule has 2 rings (SSSR count). The number of nitrogens with zero attached hydrogens (tertiary/aromatic N) is 1. The van der Waals surface area contributed by atoms with Gasteiger partial charge in [0.05, 0.1) is 5.69 Å². The van der Waals surface area contributed by atoms with Crippen molar-refractivity contribution in [2.75, 3.05) is 0 Å². The van der Waals surface area contributed by atoms with Gasteiger partial charge < -0.3 is 5.11 Å². The fourth-order valence-electron chi connectivity index (χ4n) is 1.26. The summed E-state index contributed by atoms with van der Waals surface area (Å²) in [7, 11) is 0. The molecular weight excluding hydrogens is 186 g/mol. The van der Waals surface area contributed by atoms with E-state index in [2.05, 4.69) is 4.99 Å². The molecule has 15 heavy (non-hydrogen) atoms. The van der Waals surface area contributed by atoms with Crippen molar-refractivity contribution >= 4 is 11.9 Å². The van der Waals surface area contributed by atoms with Crippen LogP contribution in [0, 0.1) is 0 Å². The van der Waals surface area contributed by atoms with Gasteiger partial charge in [-0.25, -0.2) is 0 Å². The second-order valence-electron chi connectivity index (χ2n) is 3.19. The van der Waals surface area contributed by atoms with Crippen LogP contribution in [0.4, 0.5) is 5.69 Å². The van der Waals surface area contributed by atoms with Crippen molar-refractivity contribution < 1.29 is 5.11 Å². The largest absolute Gasteiger partial charge is 0.508 e. The van der Waals surface area contributed by atoms with Gasteiger partial charge in [0.1, 0.15) is 5.75 Å². The highest BCUT2D eigenvalue weighted by molar-refractivity contribution is 5.81. The average Bonchev–Trinajstić information content (AvgIpc) is 2.28. The SMILES string of the molecule is Oc1cccc(N=Cc2ccccc2)c1. The van der Waals surface area contributed by atoms with Gasteiger partial charge in [0.2, 0.25) is 0 Å². The molecule has 2 nitrogen and oxygen atoms in total. The summed E-state index contributed by atoms with van der Waals surface area (Å²) >= 11 is 0. The molecule has 0 atom stereocenters. The summed E-state index contributed by atoms with van der Waals surface area (Å²) in [6.07, 6.45) is 1.77. The molecule has 0 radical (unpaired) electrons. The number of rotatable bonds is 2. The maximum Gasteiger partial charge on any atom is 0.117 e. The zero-order chi connectivity index (χ0) is 10.5. The lowest BCUT2D eigenvalue weighted by Gasteiger charge is -1.94. The zero-order valence-electron chi connectivity index (χ0n) is 8.17. The first-order chi connectivity index (χ1) is 7.34. The highest BCUT2D eigenvalue weighted by Gasteiger charge is 1.90. The zero-order valence-corrected chi connectivity index (χ0v) is 8.17. The standard InChI is InChI=1S/C13H11NO/c15-13-8-4-7-12(9-13)14-10-11-5-2-1-3-6-11/h1-10,15H. The highest BCUT2D eigenvalue weighted by atomic mass is 16.3. The number of aliphatic imine (C=N–C) groups is 1. The van der Waals surface area contributed by atoms with Gasteiger partial charge in [-0.3, -0.25) is 4.99 Å². The number of phenols is 1. The third-order valence-corrected chi connectivity index (χ3v) is 1.99. The van der Waals surface area contributed by atoms with Crippen LogP contribution < -0.4 is 0 Å². The van der Waals surface area contributed by atoms with Crippen molar-refractivity contribution in [2.45, 2.75) is 0 Å². The van der Waals surface area contributed by atoms with Gasteiger partial charge in [0.15, 0.2) is 0 Å². The van der Waals surface area contributed by atoms with Crippen molar-refractivity contribution in [3.05, 3.63) is 60.2 Å². The van der Waals surface area contributed by atoms with E-state index >= 15 is 0 Å². The van der Waals surface area contributed by atoms with Crippen molar-refractivity contribution in [2.24, 2.45) is 4.99 Å². The maximum absolute atomic E-state index is 9.24. The van der Waals surface area contributed by atoms with E-state index in [1.165, 1.54) is 0 Å². The lowest BCUT2D eigenvalue weighted by atomic mass is 10.2. The number of benzene rings is 2. The lowest BCUT2D eigenvalue weighted by Crippen LogP contribution is -1.77. The molecule has 74 valence electrons. The smallest absolute Gasteiger partial charge is 0.117 e. The van der Waals surface area contributed by atoms with Gasteiger partial charge in [-0.2, -0.15) is 0 Å². The predicted octanol–water partition coefficient (Wildman–Crippen LogP) is 3.14. The van der Waals surface area contributed by atoms with Crippen LogP contribution in [0.2, 0.25) is 0 Å². The molecular formula is C13H11NO. The topological polar surface area (TPSA) is 32.6 Å². The molecule has 0 saturated carbocycles. The Morgan fingerprint density at radius 2 is 1.73 bits per heavy atom. The number of phenolic OH excluding ortho intramolecular Hbond substituents is 1. The molecule has 2 heteroatoms. The Bertz CT molecular complexity index is 463. The fourth-order valence-corrected chi connectivity index (χ4v) is 1.26. The number of hydrogen-bond donors (Lipinski definition) is 1. The monoisotopic (exact) mass is 197 g/mol. The van der Waals surface area contributed by atoms with E-state index in [-0.39, 0.29) is 5.75 Å². The van der Waals surface area contributed by atoms with E-state index in [1.54, 1.807) is 24.4 Å². The quantitative estimate of drug-likeness (QED) is 0.737. The van der Waals surface area contributed by atoms with Gasteiger partial charge >= 0.3 is 0 Å². The van der Waals surface area contributed by atoms with Crippen LogP contribution in [-0.4, -0.2) is 11.3 Å². The first kappa shape index (κ1) is 9.46. The van der Waals surface area contributed by atoms with Gasteiger partial charge in [-0.15, -0.1) is 0 Å². The molecule has 0 aromatic heterocycles. The van der Waals surface area contributed by atoms with Gasteiger partial charge in [0.25, 0.3) is 0 Å². The predicted molar refractivity (Wildman–Crippen MR) is 61.8 cm³/mol. The summed E-state index contributed by atoms with van der Waals surface area (Å²) in [5.41, 5.74) is 1.79. The van der Waals surface area contributed by atoms with Crippen molar-refractivity contribution in [3.63, 3.8) is 0 Å². The number of hydrogen-bond acceptors (Lipinski definition) is 2. The van der Waals surface area contributed by atoms with Crippen LogP contribution in [-0.2, 0) is 0 Å². The molecule has 0 fully saturated rings. The third-order valence-electron chi connectivity index (χ3n) is 1.99. The van der Waals surface area contributed by atoms with Gasteiger partial charge in [0, 0.05) is 12.3 Å². The minimum absolute atomic E-state index is 0.234. The molecule has 0 heterocycles. The van der Waals surface area contributed by atoms with Crippen LogP contribution in [0.1, 0.15) is 5.56 Å². The van der Waals surface area contributed by atoms with E-state index < -0.39 is 0 Å². The Labute approximate surface area is 88.5 Å². The number of aromatic hydroxyl groups is 1. The van der Waals surface area contributed by atoms with Crippen LogP contribution in [0.25, 0.3) is 0 Å². The lowest BCUT2D eigenvalue weighted by molar-refractivity contribution is 0.475. The Morgan fingerprint density at radius 3 is 2.47 bits per heavy atom. The molecule has 0 unspecified atom stereocenters. The Balaban J connectivity index is 2.19. The summed E-state index contributed by atoms with van der Waals surface area (Å²) in [6, 6.07) is 16.7. The van der Waals surface area contributed by atoms with Crippen molar-refractivity contribution in [1.82, 2.24) is 0 Å². The first-order valence-corrected chi connectivity index (χ1v) is 4.73. The van der Waals surface area contributed by atoms with E-state index in [9.17, 15) is 5.11 Å². The average molecular weight is 197 g/mol. The minimum Gasteiger partial charge on any atom is -0.508 e. The van der Waals surface area contributed by atoms with Gasteiger partial charge in [-0.1, -0.05) is 36.4 Å². The van der Waals surface area contributed by atoms with Crippen molar-refractivity contribution in [3.8, 4) is 5.75 Å². The minimum atomic E-state index is 0.234. The summed E-state index contributed by atoms with van der Waals surface area (Å²) < 4.78 is 0. The Hall–Kier alpha value is -2.09. The van der Waals surface area contributed by atoms with E-state index in [0.717, 1.165) is 11.3 Å². The third kappa shape index (κ3) is 2.68. The summed E-state index contributed by atoms with van der Waals surface area (Å²) in [5.74, 6) is 0.234. The van der Waals surface area contributed by atoms with Crippen LogP contribution in [0.5, 0.6) is 5.75 Å². The molecule has 2 aromatic rings. The molecule has 2 aromatic carbocycles. The summed E-state index contributed by atoms with van der Waals surface area (Å²) in [4.78, 5) is 4.25. The molecule has 0 aliphatic rings. The second-order valence-corrected chi connectivity index (χ2v) is 3.19. The van der Waals surface area contributed by atoms with Crippen LogP contribution in [0.15, 0.2) is 59.6 Å². The van der Waals surface area contributed by atoms with Crippen LogP contribution in [0.3, 0.4) is 0 Å². The Morgan fingerprint density at radius 1 is 0.933 bits per heavy atom. The van der Waals surface area contributed by atoms with E-state index in [1.807, 2.05) is 36.4 Å². The summed E-state index contributed by atoms with van der Waals surface area (Å²) in [6.45, 7) is 0. The van der Waals surface area contributed by atoms with E-state index in [4.69, 9.17) is 0 Å². The molecule has 1 N–H and O–H groups in total. The highest BCUT2D eigenvalue weighted by Crippen LogP contribution is 2.17. The fraction of sp³-hybridized carbons (Fsp3) is 0. The van der Waals surface area contributed by atoms with E-state index in [0.29, 0.717) is 0 Å². The molecule has 0 aliphatic carbocycles. The molecule has 0 aliphatic heterocycles. The van der Waals surface area contributed by atoms with Crippen molar-refractivity contribution in [1.29, 1.82) is 0 Å². The molecule has 0 bridgehead atoms. The normalized spacial score (nSPS) is 10.7. The molecule has 0 saturated heterocycles. The molecule has 0 spiro atoms. The van der Waals surface area contributed by atoms with Gasteiger partial charge in [-0.05, 0) is 17.7 Å². The maximum atomic E-state index is 9.24. The van der Waals surface area contributed by atoms with Crippen LogP contribution >= 0.6 is 0 Å². The first-order valence-electron chi connectivity index (χ1n) is 4.73. The summed E-state index contributed by atoms with van der Waals surface area (Å²) in [5, 5.41) is 9.24. The molecule has 0 amide bonds. The Kier molecular flexibility index (Phi) is 2.79. The second kappa shape index (κ2) is 4.42.